The largest absolute Gasteiger partial charge is 0.369 e. The molecule has 0 atom stereocenters. The van der Waals surface area contributed by atoms with Gasteiger partial charge in [-0.15, -0.1) is 0 Å². The highest BCUT2D eigenvalue weighted by Crippen LogP contribution is 2.25. The van der Waals surface area contributed by atoms with E-state index in [1.807, 2.05) is 6.92 Å². The summed E-state index contributed by atoms with van der Waals surface area (Å²) in [5.74, 6) is -6.24. The Morgan fingerprint density at radius 1 is 1.00 bits per heavy atom. The first-order chi connectivity index (χ1) is 7.52. The first-order valence-electron chi connectivity index (χ1n) is 5.10. The molecule has 1 aromatic carbocycles. The number of rotatable bonds is 4. The Balaban J connectivity index is 3.22. The maximum Gasteiger partial charge on any atom is 0.199 e. The summed E-state index contributed by atoms with van der Waals surface area (Å²) in [6.07, 6.45) is 0.702. The Hall–Kier alpha value is -1.26. The lowest BCUT2D eigenvalue weighted by Gasteiger charge is -2.23. The normalized spacial score (nSPS) is 10.6. The predicted octanol–water partition coefficient (Wildman–Crippen LogP) is 3.48. The molecule has 0 spiro atoms. The zero-order valence-electron chi connectivity index (χ0n) is 9.16. The Kier molecular flexibility index (Phi) is 4.15. The molecular weight excluding hydrogens is 222 g/mol. The molecule has 16 heavy (non-hydrogen) atoms. The number of benzene rings is 1. The van der Waals surface area contributed by atoms with Gasteiger partial charge >= 0.3 is 0 Å². The average Bonchev–Trinajstić information content (AvgIpc) is 2.28. The number of hydrogen-bond acceptors (Lipinski definition) is 1. The van der Waals surface area contributed by atoms with Crippen molar-refractivity contribution in [2.45, 2.75) is 20.3 Å². The van der Waals surface area contributed by atoms with Gasteiger partial charge in [0, 0.05) is 19.2 Å². The summed E-state index contributed by atoms with van der Waals surface area (Å²) in [6.45, 7) is 4.44. The van der Waals surface area contributed by atoms with E-state index < -0.39 is 23.3 Å². The van der Waals surface area contributed by atoms with Gasteiger partial charge in [0.1, 0.15) is 0 Å². The molecule has 0 heterocycles. The zero-order valence-corrected chi connectivity index (χ0v) is 9.16. The quantitative estimate of drug-likeness (QED) is 0.438. The third kappa shape index (κ3) is 2.28. The van der Waals surface area contributed by atoms with Crippen LogP contribution in [0.4, 0.5) is 23.2 Å². The third-order valence-corrected chi connectivity index (χ3v) is 2.30. The van der Waals surface area contributed by atoms with E-state index in [2.05, 4.69) is 0 Å². The van der Waals surface area contributed by atoms with E-state index in [0.29, 0.717) is 25.6 Å². The van der Waals surface area contributed by atoms with Crippen LogP contribution in [0.25, 0.3) is 0 Å². The molecule has 0 unspecified atom stereocenters. The number of hydrogen-bond donors (Lipinski definition) is 0. The molecule has 0 saturated heterocycles. The van der Waals surface area contributed by atoms with Crippen LogP contribution >= 0.6 is 0 Å². The fourth-order valence-corrected chi connectivity index (χ4v) is 1.51. The van der Waals surface area contributed by atoms with Crippen molar-refractivity contribution in [2.75, 3.05) is 18.0 Å². The van der Waals surface area contributed by atoms with Crippen LogP contribution in [0, 0.1) is 23.3 Å². The van der Waals surface area contributed by atoms with E-state index in [1.54, 1.807) is 6.92 Å². The van der Waals surface area contributed by atoms with Gasteiger partial charge in [0.15, 0.2) is 23.3 Å². The second-order valence-corrected chi connectivity index (χ2v) is 3.40. The fraction of sp³-hybridized carbons (Fsp3) is 0.455. The lowest BCUT2D eigenvalue weighted by molar-refractivity contribution is 0.408. The predicted molar refractivity (Wildman–Crippen MR) is 54.5 cm³/mol. The van der Waals surface area contributed by atoms with Gasteiger partial charge in [-0.05, 0) is 13.3 Å². The lowest BCUT2D eigenvalue weighted by Crippen LogP contribution is -2.25. The Labute approximate surface area is 91.7 Å². The van der Waals surface area contributed by atoms with Gasteiger partial charge < -0.3 is 4.90 Å². The van der Waals surface area contributed by atoms with E-state index in [-0.39, 0.29) is 5.69 Å². The van der Waals surface area contributed by atoms with E-state index in [0.717, 1.165) is 0 Å². The van der Waals surface area contributed by atoms with Crippen LogP contribution in [0.3, 0.4) is 0 Å². The molecule has 0 fully saturated rings. The molecule has 5 heteroatoms. The molecule has 0 saturated carbocycles. The van der Waals surface area contributed by atoms with Crippen molar-refractivity contribution in [3.8, 4) is 0 Å². The Morgan fingerprint density at radius 2 is 1.62 bits per heavy atom. The highest BCUT2D eigenvalue weighted by Gasteiger charge is 2.21. The monoisotopic (exact) mass is 235 g/mol. The van der Waals surface area contributed by atoms with Gasteiger partial charge in [0.25, 0.3) is 0 Å². The van der Waals surface area contributed by atoms with Gasteiger partial charge in [-0.3, -0.25) is 0 Å². The van der Waals surface area contributed by atoms with Crippen molar-refractivity contribution in [3.63, 3.8) is 0 Å². The Morgan fingerprint density at radius 3 is 2.12 bits per heavy atom. The molecule has 0 aromatic heterocycles. The van der Waals surface area contributed by atoms with Crippen LogP contribution in [0.2, 0.25) is 0 Å². The third-order valence-electron chi connectivity index (χ3n) is 2.30. The van der Waals surface area contributed by atoms with Gasteiger partial charge in [-0.1, -0.05) is 6.92 Å². The van der Waals surface area contributed by atoms with Gasteiger partial charge in [-0.25, -0.2) is 17.6 Å². The molecule has 0 aliphatic heterocycles. The van der Waals surface area contributed by atoms with Crippen LogP contribution in [0.1, 0.15) is 20.3 Å². The summed E-state index contributed by atoms with van der Waals surface area (Å²) in [5.41, 5.74) is -0.235. The van der Waals surface area contributed by atoms with E-state index in [9.17, 15) is 17.6 Å². The first kappa shape index (κ1) is 12.8. The van der Waals surface area contributed by atoms with Gasteiger partial charge in [0.2, 0.25) is 0 Å². The molecule has 0 N–H and O–H groups in total. The highest BCUT2D eigenvalue weighted by molar-refractivity contribution is 5.48. The van der Waals surface area contributed by atoms with Crippen molar-refractivity contribution in [2.24, 2.45) is 0 Å². The van der Waals surface area contributed by atoms with Crippen molar-refractivity contribution in [1.82, 2.24) is 0 Å². The molecule has 0 radical (unpaired) electrons. The smallest absolute Gasteiger partial charge is 0.199 e. The maximum absolute atomic E-state index is 13.4. The van der Waals surface area contributed by atoms with Crippen LogP contribution in [0.5, 0.6) is 0 Å². The van der Waals surface area contributed by atoms with Crippen molar-refractivity contribution in [3.05, 3.63) is 29.3 Å². The minimum atomic E-state index is -1.77. The van der Waals surface area contributed by atoms with Gasteiger partial charge in [0.05, 0.1) is 5.69 Å². The van der Waals surface area contributed by atoms with Gasteiger partial charge in [-0.2, -0.15) is 0 Å². The van der Waals surface area contributed by atoms with Crippen molar-refractivity contribution in [1.29, 1.82) is 0 Å². The molecule has 0 bridgehead atoms. The molecule has 1 rings (SSSR count). The topological polar surface area (TPSA) is 3.24 Å². The summed E-state index contributed by atoms with van der Waals surface area (Å²) in [4.78, 5) is 1.46. The molecule has 1 aromatic rings. The van der Waals surface area contributed by atoms with Crippen LogP contribution < -0.4 is 4.90 Å². The average molecular weight is 235 g/mol. The van der Waals surface area contributed by atoms with E-state index in [4.69, 9.17) is 0 Å². The SMILES string of the molecule is CCCN(CC)c1cc(F)c(F)c(F)c1F. The van der Waals surface area contributed by atoms with Crippen LogP contribution in [-0.2, 0) is 0 Å². The van der Waals surface area contributed by atoms with E-state index >= 15 is 0 Å². The molecule has 90 valence electrons. The summed E-state index contributed by atoms with van der Waals surface area (Å²) in [5, 5.41) is 0. The Bertz CT molecular complexity index is 379. The minimum Gasteiger partial charge on any atom is -0.369 e. The second kappa shape index (κ2) is 5.18. The molecule has 0 amide bonds. The summed E-state index contributed by atoms with van der Waals surface area (Å²) in [7, 11) is 0. The maximum atomic E-state index is 13.4. The lowest BCUT2D eigenvalue weighted by atomic mass is 10.2. The van der Waals surface area contributed by atoms with Crippen molar-refractivity contribution >= 4 is 5.69 Å². The molecule has 1 nitrogen and oxygen atoms in total. The standard InChI is InChI=1S/C11H13F4N/c1-3-5-16(4-2)8-6-7(12)9(13)11(15)10(8)14/h6H,3-5H2,1-2H3. The number of halogens is 4. The summed E-state index contributed by atoms with van der Waals surface area (Å²) >= 11 is 0. The zero-order chi connectivity index (χ0) is 12.3. The van der Waals surface area contributed by atoms with E-state index in [1.165, 1.54) is 4.90 Å². The number of nitrogens with zero attached hydrogens (tertiary/aromatic N) is 1. The second-order valence-electron chi connectivity index (χ2n) is 3.40. The molecule has 0 aliphatic rings. The number of anilines is 1. The highest BCUT2D eigenvalue weighted by atomic mass is 19.2. The van der Waals surface area contributed by atoms with Crippen LogP contribution in [0.15, 0.2) is 6.07 Å². The first-order valence-corrected chi connectivity index (χ1v) is 5.10. The van der Waals surface area contributed by atoms with Crippen LogP contribution in [-0.4, -0.2) is 13.1 Å². The van der Waals surface area contributed by atoms with Crippen molar-refractivity contribution < 1.29 is 17.6 Å². The molecule has 0 aliphatic carbocycles. The molecular formula is C11H13F4N. The fourth-order valence-electron chi connectivity index (χ4n) is 1.51. The summed E-state index contributed by atoms with van der Waals surface area (Å²) in [6, 6.07) is 0.687. The minimum absolute atomic E-state index is 0.235. The summed E-state index contributed by atoms with van der Waals surface area (Å²) < 4.78 is 52.0.